The lowest BCUT2D eigenvalue weighted by Crippen LogP contribution is -2.45. The van der Waals surface area contributed by atoms with Gasteiger partial charge >= 0.3 is 11.9 Å². The lowest BCUT2D eigenvalue weighted by atomic mass is 10.1. The van der Waals surface area contributed by atoms with Crippen molar-refractivity contribution in [2.45, 2.75) is 37.8 Å². The Hall–Kier alpha value is -4.29. The van der Waals surface area contributed by atoms with Crippen molar-refractivity contribution >= 4 is 57.5 Å². The van der Waals surface area contributed by atoms with Gasteiger partial charge < -0.3 is 24.8 Å². The van der Waals surface area contributed by atoms with Crippen LogP contribution in [-0.2, 0) is 23.9 Å². The van der Waals surface area contributed by atoms with Gasteiger partial charge in [-0.25, -0.2) is 14.4 Å². The number of halogens is 2. The first kappa shape index (κ1) is 30.2. The number of benzene rings is 2. The average Bonchev–Trinajstić information content (AvgIpc) is 3.74. The van der Waals surface area contributed by atoms with Crippen molar-refractivity contribution in [3.05, 3.63) is 59.7 Å². The van der Waals surface area contributed by atoms with E-state index in [0.717, 1.165) is 12.8 Å². The number of hydrogen-bond donors (Lipinski definition) is 2. The number of carbonyl (C=O) groups excluding carboxylic acids is 3. The number of ether oxygens (including phenoxy) is 3. The average molecular weight is 612 g/mol. The van der Waals surface area contributed by atoms with E-state index in [1.807, 2.05) is 0 Å². The molecule has 0 spiro atoms. The predicted molar refractivity (Wildman–Crippen MR) is 158 cm³/mol. The Bertz CT molecular complexity index is 1540. The summed E-state index contributed by atoms with van der Waals surface area (Å²) in [5.74, 6) is -0.552. The Morgan fingerprint density at radius 1 is 1.05 bits per heavy atom. The number of anilines is 3. The van der Waals surface area contributed by atoms with Crippen LogP contribution in [-0.4, -0.2) is 72.2 Å². The summed E-state index contributed by atoms with van der Waals surface area (Å²) in [6.45, 7) is 0.658. The van der Waals surface area contributed by atoms with Crippen molar-refractivity contribution in [2.24, 2.45) is 5.92 Å². The first-order valence-electron chi connectivity index (χ1n) is 13.8. The number of nitrogens with one attached hydrogen (secondary N) is 2. The number of amides is 1. The molecule has 1 amide bonds. The van der Waals surface area contributed by atoms with E-state index in [9.17, 15) is 18.8 Å². The van der Waals surface area contributed by atoms with Gasteiger partial charge in [-0.05, 0) is 55.9 Å². The molecule has 13 heteroatoms. The largest absolute Gasteiger partial charge is 0.491 e. The van der Waals surface area contributed by atoms with Crippen molar-refractivity contribution in [3.8, 4) is 5.75 Å². The fourth-order valence-corrected chi connectivity index (χ4v) is 5.14. The van der Waals surface area contributed by atoms with Gasteiger partial charge in [-0.15, -0.1) is 0 Å². The Morgan fingerprint density at radius 2 is 1.77 bits per heavy atom. The summed E-state index contributed by atoms with van der Waals surface area (Å²) in [6.07, 6.45) is 7.35. The fourth-order valence-electron chi connectivity index (χ4n) is 4.96. The number of methoxy groups -OCH3 is 2. The van der Waals surface area contributed by atoms with Gasteiger partial charge in [0.05, 0.1) is 37.1 Å². The number of rotatable bonds is 11. The second-order valence-electron chi connectivity index (χ2n) is 10.3. The zero-order valence-corrected chi connectivity index (χ0v) is 24.4. The number of carbonyl (C=O) groups is 3. The van der Waals surface area contributed by atoms with Gasteiger partial charge in [-0.2, -0.15) is 0 Å². The summed E-state index contributed by atoms with van der Waals surface area (Å²) < 4.78 is 29.5. The Balaban J connectivity index is 1.37. The van der Waals surface area contributed by atoms with Crippen molar-refractivity contribution in [1.29, 1.82) is 0 Å². The highest BCUT2D eigenvalue weighted by Crippen LogP contribution is 2.36. The minimum absolute atomic E-state index is 0.0383. The molecular formula is C30H31ClFN5O6. The maximum atomic E-state index is 13.7. The van der Waals surface area contributed by atoms with Crippen molar-refractivity contribution in [2.75, 3.05) is 38.0 Å². The summed E-state index contributed by atoms with van der Waals surface area (Å²) in [4.78, 5) is 48.0. The molecule has 1 aliphatic heterocycles. The monoisotopic (exact) mass is 611 g/mol. The molecule has 11 nitrogen and oxygen atoms in total. The summed E-state index contributed by atoms with van der Waals surface area (Å²) in [7, 11) is 2.59. The molecule has 2 fully saturated rings. The zero-order valence-electron chi connectivity index (χ0n) is 23.6. The highest BCUT2D eigenvalue weighted by atomic mass is 35.5. The van der Waals surface area contributed by atoms with E-state index in [0.29, 0.717) is 59.2 Å². The van der Waals surface area contributed by atoms with Gasteiger partial charge in [0.15, 0.2) is 0 Å². The third-order valence-corrected chi connectivity index (χ3v) is 7.68. The van der Waals surface area contributed by atoms with Crippen LogP contribution in [0.3, 0.4) is 0 Å². The van der Waals surface area contributed by atoms with Gasteiger partial charge in [-0.3, -0.25) is 19.3 Å². The molecule has 0 radical (unpaired) electrons. The zero-order chi connectivity index (χ0) is 30.5. The van der Waals surface area contributed by atoms with E-state index in [1.165, 1.54) is 44.8 Å². The van der Waals surface area contributed by atoms with E-state index in [2.05, 4.69) is 20.6 Å². The van der Waals surface area contributed by atoms with Crippen LogP contribution in [0.1, 0.15) is 25.7 Å². The minimum atomic E-state index is -0.619. The van der Waals surface area contributed by atoms with Gasteiger partial charge in [0.1, 0.15) is 35.8 Å². The second kappa shape index (κ2) is 13.3. The van der Waals surface area contributed by atoms with Crippen LogP contribution in [0, 0.1) is 11.7 Å². The SMILES string of the molecule is COC(=O)C1CCC(C(=O)OC)N1C/C=C/C(=O)Nc1cc2c(Nc3ccc(F)c(Cl)c3)ncnc2cc1OCC1CC1. The van der Waals surface area contributed by atoms with Crippen LogP contribution in [0.4, 0.5) is 21.6 Å². The number of aromatic nitrogens is 2. The molecule has 2 heterocycles. The van der Waals surface area contributed by atoms with E-state index in [4.69, 9.17) is 25.8 Å². The van der Waals surface area contributed by atoms with Crippen molar-refractivity contribution < 1.29 is 33.0 Å². The van der Waals surface area contributed by atoms with E-state index in [1.54, 1.807) is 23.1 Å². The first-order valence-corrected chi connectivity index (χ1v) is 14.2. The molecule has 1 saturated carbocycles. The molecule has 1 saturated heterocycles. The lowest BCUT2D eigenvalue weighted by Gasteiger charge is -2.25. The quantitative estimate of drug-likeness (QED) is 0.234. The van der Waals surface area contributed by atoms with Crippen LogP contribution >= 0.6 is 11.6 Å². The molecule has 2 aromatic carbocycles. The smallest absolute Gasteiger partial charge is 0.323 e. The minimum Gasteiger partial charge on any atom is -0.491 e. The lowest BCUT2D eigenvalue weighted by molar-refractivity contribution is -0.150. The molecular weight excluding hydrogens is 581 g/mol. The molecule has 1 aliphatic carbocycles. The molecule has 0 bridgehead atoms. The van der Waals surface area contributed by atoms with Crippen LogP contribution in [0.5, 0.6) is 5.75 Å². The molecule has 2 atom stereocenters. The molecule has 226 valence electrons. The molecule has 43 heavy (non-hydrogen) atoms. The Labute approximate surface area is 252 Å². The standard InChI is InChI=1S/C30H31ClFN5O6/c1-41-29(39)24-9-10-25(30(40)42-2)37(24)11-3-4-27(38)36-23-13-19-22(14-26(23)43-15-17-5-6-17)33-16-34-28(19)35-18-7-8-21(32)20(31)12-18/h3-4,7-8,12-14,16-17,24-25H,5-6,9-11,15H2,1-2H3,(H,36,38)(H,33,34,35)/b4-3+. The fraction of sp³-hybridized carbons (Fsp3) is 0.367. The second-order valence-corrected chi connectivity index (χ2v) is 10.7. The van der Waals surface area contributed by atoms with E-state index >= 15 is 0 Å². The highest BCUT2D eigenvalue weighted by molar-refractivity contribution is 6.31. The molecule has 2 unspecified atom stereocenters. The Morgan fingerprint density at radius 3 is 2.42 bits per heavy atom. The molecule has 5 rings (SSSR count). The Kier molecular flexibility index (Phi) is 9.37. The maximum Gasteiger partial charge on any atom is 0.323 e. The third kappa shape index (κ3) is 7.20. The van der Waals surface area contributed by atoms with Gasteiger partial charge in [0, 0.05) is 29.8 Å². The number of likely N-dealkylation sites (tertiary alicyclic amines) is 1. The van der Waals surface area contributed by atoms with Gasteiger partial charge in [0.25, 0.3) is 0 Å². The van der Waals surface area contributed by atoms with Gasteiger partial charge in [-0.1, -0.05) is 17.7 Å². The summed E-state index contributed by atoms with van der Waals surface area (Å²) >= 11 is 5.94. The van der Waals surface area contributed by atoms with Crippen LogP contribution in [0.2, 0.25) is 5.02 Å². The normalized spacial score (nSPS) is 18.5. The van der Waals surface area contributed by atoms with E-state index < -0.39 is 35.7 Å². The molecule has 1 aromatic heterocycles. The van der Waals surface area contributed by atoms with Crippen LogP contribution in [0.25, 0.3) is 10.9 Å². The summed E-state index contributed by atoms with van der Waals surface area (Å²) in [5.41, 5.74) is 1.49. The molecule has 2 aliphatic rings. The van der Waals surface area contributed by atoms with Crippen molar-refractivity contribution in [1.82, 2.24) is 14.9 Å². The predicted octanol–water partition coefficient (Wildman–Crippen LogP) is 4.63. The first-order chi connectivity index (χ1) is 20.8. The number of esters is 2. The third-order valence-electron chi connectivity index (χ3n) is 7.39. The molecule has 2 N–H and O–H groups in total. The molecule has 3 aromatic rings. The number of nitrogens with zero attached hydrogens (tertiary/aromatic N) is 3. The summed E-state index contributed by atoms with van der Waals surface area (Å²) in [5, 5.41) is 6.53. The van der Waals surface area contributed by atoms with Gasteiger partial charge in [0.2, 0.25) is 5.91 Å². The van der Waals surface area contributed by atoms with Crippen LogP contribution in [0.15, 0.2) is 48.8 Å². The number of hydrogen-bond acceptors (Lipinski definition) is 10. The van der Waals surface area contributed by atoms with Crippen molar-refractivity contribution in [3.63, 3.8) is 0 Å². The number of fused-ring (bicyclic) bond motifs is 1. The van der Waals surface area contributed by atoms with Crippen LogP contribution < -0.4 is 15.4 Å². The van der Waals surface area contributed by atoms with E-state index in [-0.39, 0.29) is 11.6 Å². The highest BCUT2D eigenvalue weighted by Gasteiger charge is 2.42. The summed E-state index contributed by atoms with van der Waals surface area (Å²) in [6, 6.07) is 6.43. The topological polar surface area (TPSA) is 132 Å². The maximum absolute atomic E-state index is 13.7.